The zero-order valence-corrected chi connectivity index (χ0v) is 15.0. The first kappa shape index (κ1) is 17.2. The van der Waals surface area contributed by atoms with Gasteiger partial charge in [-0.25, -0.2) is 0 Å². The lowest BCUT2D eigenvalue weighted by molar-refractivity contribution is 0.457. The zero-order valence-electron chi connectivity index (χ0n) is 15.0. The van der Waals surface area contributed by atoms with Crippen molar-refractivity contribution in [3.63, 3.8) is 0 Å². The molecule has 0 aliphatic rings. The number of nitrogens with zero attached hydrogens (tertiary/aromatic N) is 1. The minimum absolute atomic E-state index is 0.00850. The highest BCUT2D eigenvalue weighted by Crippen LogP contribution is 2.26. The third-order valence-corrected chi connectivity index (χ3v) is 4.36. The number of aromatic amines is 1. The summed E-state index contributed by atoms with van der Waals surface area (Å²) in [6.45, 7) is 2.88. The van der Waals surface area contributed by atoms with Crippen LogP contribution in [0.3, 0.4) is 0 Å². The van der Waals surface area contributed by atoms with Crippen LogP contribution < -0.4 is 5.56 Å². The van der Waals surface area contributed by atoms with Gasteiger partial charge in [0.15, 0.2) is 0 Å². The summed E-state index contributed by atoms with van der Waals surface area (Å²) < 4.78 is 0. The smallest absolute Gasteiger partial charge is 0.251 e. The monoisotopic (exact) mass is 332 g/mol. The Hall–Kier alpha value is -2.65. The molecule has 0 aliphatic carbocycles. The topological polar surface area (TPSA) is 36.1 Å². The molecule has 25 heavy (non-hydrogen) atoms. The summed E-state index contributed by atoms with van der Waals surface area (Å²) in [5.41, 5.74) is 5.28. The second-order valence-electron chi connectivity index (χ2n) is 6.53. The third kappa shape index (κ3) is 3.89. The first-order valence-corrected chi connectivity index (χ1v) is 8.65. The molecule has 0 radical (unpaired) electrons. The van der Waals surface area contributed by atoms with Gasteiger partial charge in [0.1, 0.15) is 0 Å². The fourth-order valence-electron chi connectivity index (χ4n) is 2.98. The SMILES string of the molecule is CCc1cc2cc(/C(=C\CN(C)C)c3ccccc3)ccc2[nH]c1=O. The standard InChI is InChI=1S/C22H24N2O/c1-4-16-14-19-15-18(10-11-21(19)23-22(16)25)20(12-13-24(2)3)17-8-6-5-7-9-17/h5-12,14-15H,4,13H2,1-3H3,(H,23,25)/b20-12-. The molecule has 0 spiro atoms. The number of benzene rings is 2. The Morgan fingerprint density at radius 1 is 1.04 bits per heavy atom. The molecule has 3 heteroatoms. The van der Waals surface area contributed by atoms with Crippen molar-refractivity contribution in [2.75, 3.05) is 20.6 Å². The van der Waals surface area contributed by atoms with Crippen molar-refractivity contribution in [1.82, 2.24) is 9.88 Å². The van der Waals surface area contributed by atoms with E-state index in [2.05, 4.69) is 66.5 Å². The van der Waals surface area contributed by atoms with Crippen molar-refractivity contribution in [3.8, 4) is 0 Å². The van der Waals surface area contributed by atoms with Crippen LogP contribution in [-0.2, 0) is 6.42 Å². The van der Waals surface area contributed by atoms with Gasteiger partial charge in [-0.2, -0.15) is 0 Å². The highest BCUT2D eigenvalue weighted by atomic mass is 16.1. The molecule has 1 aromatic heterocycles. The van der Waals surface area contributed by atoms with E-state index in [-0.39, 0.29) is 5.56 Å². The summed E-state index contributed by atoms with van der Waals surface area (Å²) in [7, 11) is 4.13. The molecule has 2 aromatic carbocycles. The molecule has 0 aliphatic heterocycles. The number of pyridine rings is 1. The Kier molecular flexibility index (Phi) is 5.15. The van der Waals surface area contributed by atoms with Gasteiger partial charge >= 0.3 is 0 Å². The van der Waals surface area contributed by atoms with Crippen molar-refractivity contribution in [3.05, 3.63) is 87.7 Å². The highest BCUT2D eigenvalue weighted by molar-refractivity contribution is 5.88. The van der Waals surface area contributed by atoms with E-state index in [0.717, 1.165) is 35.0 Å². The molecule has 0 amide bonds. The van der Waals surface area contributed by atoms with Gasteiger partial charge in [-0.05, 0) is 60.8 Å². The number of aryl methyl sites for hydroxylation is 1. The van der Waals surface area contributed by atoms with Crippen LogP contribution in [0.5, 0.6) is 0 Å². The van der Waals surface area contributed by atoms with Crippen molar-refractivity contribution < 1.29 is 0 Å². The largest absolute Gasteiger partial charge is 0.322 e. The maximum Gasteiger partial charge on any atom is 0.251 e. The van der Waals surface area contributed by atoms with E-state index in [1.807, 2.05) is 25.1 Å². The van der Waals surface area contributed by atoms with Gasteiger partial charge in [-0.15, -0.1) is 0 Å². The molecule has 0 saturated heterocycles. The molecular formula is C22H24N2O. The Morgan fingerprint density at radius 3 is 2.48 bits per heavy atom. The van der Waals surface area contributed by atoms with Gasteiger partial charge < -0.3 is 9.88 Å². The van der Waals surface area contributed by atoms with E-state index in [9.17, 15) is 4.79 Å². The van der Waals surface area contributed by atoms with Gasteiger partial charge in [0, 0.05) is 17.6 Å². The second kappa shape index (κ2) is 7.49. The van der Waals surface area contributed by atoms with Crippen LogP contribution >= 0.6 is 0 Å². The van der Waals surface area contributed by atoms with Crippen LogP contribution in [-0.4, -0.2) is 30.5 Å². The summed E-state index contributed by atoms with van der Waals surface area (Å²) >= 11 is 0. The van der Waals surface area contributed by atoms with Crippen LogP contribution in [0.15, 0.2) is 65.5 Å². The number of nitrogens with one attached hydrogen (secondary N) is 1. The lowest BCUT2D eigenvalue weighted by Gasteiger charge is -2.13. The highest BCUT2D eigenvalue weighted by Gasteiger charge is 2.08. The van der Waals surface area contributed by atoms with E-state index in [0.29, 0.717) is 0 Å². The Bertz CT molecular complexity index is 953. The minimum Gasteiger partial charge on any atom is -0.322 e. The van der Waals surface area contributed by atoms with E-state index >= 15 is 0 Å². The van der Waals surface area contributed by atoms with Crippen LogP contribution in [0, 0.1) is 0 Å². The molecule has 1 N–H and O–H groups in total. The average molecular weight is 332 g/mol. The maximum absolute atomic E-state index is 12.0. The molecule has 3 aromatic rings. The predicted molar refractivity (Wildman–Crippen MR) is 106 cm³/mol. The average Bonchev–Trinajstić information content (AvgIpc) is 2.62. The molecule has 0 fully saturated rings. The summed E-state index contributed by atoms with van der Waals surface area (Å²) in [5.74, 6) is 0. The molecule has 1 heterocycles. The van der Waals surface area contributed by atoms with Crippen LogP contribution in [0.2, 0.25) is 0 Å². The molecule has 3 rings (SSSR count). The third-order valence-electron chi connectivity index (χ3n) is 4.36. The van der Waals surface area contributed by atoms with Crippen molar-refractivity contribution in [2.24, 2.45) is 0 Å². The molecule has 0 atom stereocenters. The second-order valence-corrected chi connectivity index (χ2v) is 6.53. The van der Waals surface area contributed by atoms with Crippen molar-refractivity contribution >= 4 is 16.5 Å². The van der Waals surface area contributed by atoms with E-state index < -0.39 is 0 Å². The van der Waals surface area contributed by atoms with Gasteiger partial charge in [0.25, 0.3) is 5.56 Å². The van der Waals surface area contributed by atoms with Gasteiger partial charge in [-0.3, -0.25) is 4.79 Å². The van der Waals surface area contributed by atoms with E-state index in [1.54, 1.807) is 0 Å². The fourth-order valence-corrected chi connectivity index (χ4v) is 2.98. The summed E-state index contributed by atoms with van der Waals surface area (Å²) in [5, 5.41) is 1.07. The molecule has 0 bridgehead atoms. The zero-order chi connectivity index (χ0) is 17.8. The number of hydrogen-bond donors (Lipinski definition) is 1. The van der Waals surface area contributed by atoms with E-state index in [4.69, 9.17) is 0 Å². The number of likely N-dealkylation sites (N-methyl/N-ethyl adjacent to an activating group) is 1. The normalized spacial score (nSPS) is 12.1. The quantitative estimate of drug-likeness (QED) is 0.764. The number of H-pyrrole nitrogens is 1. The van der Waals surface area contributed by atoms with Crippen LogP contribution in [0.25, 0.3) is 16.5 Å². The molecule has 0 unspecified atom stereocenters. The summed E-state index contributed by atoms with van der Waals surface area (Å²) in [6, 6.07) is 18.7. The van der Waals surface area contributed by atoms with Gasteiger partial charge in [-0.1, -0.05) is 49.4 Å². The summed E-state index contributed by atoms with van der Waals surface area (Å²) in [6.07, 6.45) is 2.99. The van der Waals surface area contributed by atoms with Gasteiger partial charge in [0.05, 0.1) is 0 Å². The molecule has 128 valence electrons. The maximum atomic E-state index is 12.0. The van der Waals surface area contributed by atoms with E-state index in [1.165, 1.54) is 11.1 Å². The molecule has 3 nitrogen and oxygen atoms in total. The first-order valence-electron chi connectivity index (χ1n) is 8.65. The lowest BCUT2D eigenvalue weighted by Crippen LogP contribution is -2.12. The van der Waals surface area contributed by atoms with Gasteiger partial charge in [0.2, 0.25) is 0 Å². The fraction of sp³-hybridized carbons (Fsp3) is 0.227. The number of rotatable bonds is 5. The lowest BCUT2D eigenvalue weighted by atomic mass is 9.96. The Morgan fingerprint density at radius 2 is 1.80 bits per heavy atom. The predicted octanol–water partition coefficient (Wildman–Crippen LogP) is 4.08. The van der Waals surface area contributed by atoms with Crippen molar-refractivity contribution in [2.45, 2.75) is 13.3 Å². The van der Waals surface area contributed by atoms with Crippen molar-refractivity contribution in [1.29, 1.82) is 0 Å². The molecular weight excluding hydrogens is 308 g/mol. The summed E-state index contributed by atoms with van der Waals surface area (Å²) in [4.78, 5) is 17.1. The number of aromatic nitrogens is 1. The Balaban J connectivity index is 2.13. The minimum atomic E-state index is 0.00850. The molecule has 0 saturated carbocycles. The van der Waals surface area contributed by atoms with Crippen LogP contribution in [0.1, 0.15) is 23.6 Å². The number of hydrogen-bond acceptors (Lipinski definition) is 2. The number of fused-ring (bicyclic) bond motifs is 1. The van der Waals surface area contributed by atoms with Crippen LogP contribution in [0.4, 0.5) is 0 Å². The first-order chi connectivity index (χ1) is 12.1. The Labute approximate surface area is 148 Å².